The fourth-order valence-electron chi connectivity index (χ4n) is 0.241. The largest absolute Gasteiger partial charge is 0.484 e. The van der Waals surface area contributed by atoms with Gasteiger partial charge in [-0.15, -0.1) is 6.20 Å². The summed E-state index contributed by atoms with van der Waals surface area (Å²) in [5.41, 5.74) is 0. The monoisotopic (exact) mass is 342 g/mol. The Morgan fingerprint density at radius 3 is 2.11 bits per heavy atom. The second-order valence-electron chi connectivity index (χ2n) is 0.862. The zero-order valence-corrected chi connectivity index (χ0v) is 9.63. The van der Waals surface area contributed by atoms with Crippen LogP contribution >= 0.6 is 27.2 Å². The van der Waals surface area contributed by atoms with E-state index in [1.165, 1.54) is 0 Å². The Kier molecular flexibility index (Phi) is 16.2. The van der Waals surface area contributed by atoms with E-state index in [0.29, 0.717) is 13.2 Å². The van der Waals surface area contributed by atoms with E-state index in [1.54, 1.807) is 0 Å². The van der Waals surface area contributed by atoms with Crippen molar-refractivity contribution in [3.8, 4) is 0 Å². The van der Waals surface area contributed by atoms with Gasteiger partial charge in [-0.25, -0.2) is 0 Å². The minimum Gasteiger partial charge on any atom is -0.484 e. The first-order chi connectivity index (χ1) is 3.91. The van der Waals surface area contributed by atoms with Crippen LogP contribution in [-0.2, 0) is 13.2 Å². The van der Waals surface area contributed by atoms with E-state index < -0.39 is 0 Å². The third-order valence-corrected chi connectivity index (χ3v) is 0.442. The van der Waals surface area contributed by atoms with E-state index in [-0.39, 0.29) is 7.43 Å². The molecule has 0 atom stereocenters. The summed E-state index contributed by atoms with van der Waals surface area (Å²) in [5.74, 6) is 0. The van der Waals surface area contributed by atoms with Gasteiger partial charge in [-0.1, -0.05) is 0 Å². The maximum absolute atomic E-state index is 3.13. The number of hydrogen-bond acceptors (Lipinski definition) is 0. The van der Waals surface area contributed by atoms with Gasteiger partial charge in [-0.05, 0) is 0 Å². The summed E-state index contributed by atoms with van der Waals surface area (Å²) in [5, 5.41) is 0. The van der Waals surface area contributed by atoms with E-state index in [1.807, 2.05) is 18.3 Å². The maximum atomic E-state index is 3.13. The molecule has 0 aliphatic rings. The molecule has 0 saturated carbocycles. The minimum absolute atomic E-state index is 0. The van der Waals surface area contributed by atoms with Crippen LogP contribution in [0.15, 0.2) is 18.3 Å². The van der Waals surface area contributed by atoms with Gasteiger partial charge in [0.1, 0.15) is 0 Å². The van der Waals surface area contributed by atoms with Crippen LogP contribution in [0.3, 0.4) is 0 Å². The SMILES string of the molecule is [Br][Rh][Br].[CH3-].[c-]1ccc[nH]1. The summed E-state index contributed by atoms with van der Waals surface area (Å²) < 4.78 is 0. The van der Waals surface area contributed by atoms with Crippen LogP contribution in [0.5, 0.6) is 0 Å². The Labute approximate surface area is 76.9 Å². The zero-order valence-electron chi connectivity index (χ0n) is 4.82. The number of halogens is 2. The van der Waals surface area contributed by atoms with Gasteiger partial charge >= 0.3 is 40.5 Å². The van der Waals surface area contributed by atoms with Gasteiger partial charge in [-0.2, -0.15) is 18.3 Å². The molecule has 0 unspecified atom stereocenters. The van der Waals surface area contributed by atoms with Gasteiger partial charge in [0.2, 0.25) is 0 Å². The Balaban J connectivity index is 0. The molecule has 4 heteroatoms. The van der Waals surface area contributed by atoms with Crippen LogP contribution in [0.1, 0.15) is 0 Å². The van der Waals surface area contributed by atoms with Crippen molar-refractivity contribution < 1.29 is 13.2 Å². The predicted octanol–water partition coefficient (Wildman–Crippen LogP) is 2.95. The van der Waals surface area contributed by atoms with E-state index in [4.69, 9.17) is 0 Å². The molecule has 0 spiro atoms. The molecule has 1 N–H and O–H groups in total. The van der Waals surface area contributed by atoms with Crippen LogP contribution in [-0.4, -0.2) is 4.98 Å². The van der Waals surface area contributed by atoms with Crippen molar-refractivity contribution in [3.05, 3.63) is 32.0 Å². The number of aromatic amines is 1. The molecule has 0 aromatic carbocycles. The first-order valence-electron chi connectivity index (χ1n) is 1.75. The molecule has 1 aromatic heterocycles. The van der Waals surface area contributed by atoms with E-state index in [0.717, 1.165) is 0 Å². The Morgan fingerprint density at radius 1 is 1.44 bits per heavy atom. The summed E-state index contributed by atoms with van der Waals surface area (Å²) in [6, 6.07) is 3.71. The van der Waals surface area contributed by atoms with Gasteiger partial charge in [0.05, 0.1) is 0 Å². The normalized spacial score (nSPS) is 6.89. The topological polar surface area (TPSA) is 15.8 Å². The van der Waals surface area contributed by atoms with E-state index in [2.05, 4.69) is 38.4 Å². The van der Waals surface area contributed by atoms with E-state index >= 15 is 0 Å². The molecule has 0 aliphatic heterocycles. The van der Waals surface area contributed by atoms with Gasteiger partial charge < -0.3 is 12.4 Å². The molecule has 1 aromatic rings. The molecule has 57 valence electrons. The quantitative estimate of drug-likeness (QED) is 0.550. The molecule has 0 radical (unpaired) electrons. The summed E-state index contributed by atoms with van der Waals surface area (Å²) in [4.78, 5) is 2.74. The Bertz CT molecular complexity index is 81.9. The van der Waals surface area contributed by atoms with Crippen molar-refractivity contribution in [1.29, 1.82) is 0 Å². The van der Waals surface area contributed by atoms with Crippen LogP contribution in [0.4, 0.5) is 0 Å². The molecule has 1 nitrogen and oxygen atoms in total. The minimum atomic E-state index is 0. The van der Waals surface area contributed by atoms with Crippen LogP contribution in [0, 0.1) is 13.6 Å². The second kappa shape index (κ2) is 11.6. The molecule has 0 saturated heterocycles. The maximum Gasteiger partial charge on any atom is -0.108 e. The van der Waals surface area contributed by atoms with Crippen molar-refractivity contribution in [2.75, 3.05) is 0 Å². The average molecular weight is 344 g/mol. The Morgan fingerprint density at radius 2 is 2.00 bits per heavy atom. The molecule has 0 fully saturated rings. The molecular weight excluding hydrogens is 337 g/mol. The summed E-state index contributed by atoms with van der Waals surface area (Å²) >= 11 is 6.72. The van der Waals surface area contributed by atoms with Gasteiger partial charge in [0.15, 0.2) is 0 Å². The third kappa shape index (κ3) is 12.1. The fraction of sp³-hybridized carbons (Fsp3) is 0. The number of nitrogens with one attached hydrogen (secondary N) is 1. The molecular formula is C5H7Br2NRh-2. The van der Waals surface area contributed by atoms with Crippen molar-refractivity contribution in [2.24, 2.45) is 0 Å². The van der Waals surface area contributed by atoms with E-state index in [9.17, 15) is 0 Å². The molecule has 0 aliphatic carbocycles. The van der Waals surface area contributed by atoms with Crippen molar-refractivity contribution in [2.45, 2.75) is 0 Å². The number of aromatic nitrogens is 1. The molecule has 1 heterocycles. The number of rotatable bonds is 0. The summed E-state index contributed by atoms with van der Waals surface area (Å²) in [7, 11) is 0. The first kappa shape index (κ1) is 12.5. The second-order valence-corrected chi connectivity index (χ2v) is 8.42. The molecule has 1 rings (SSSR count). The van der Waals surface area contributed by atoms with Crippen LogP contribution in [0.25, 0.3) is 0 Å². The summed E-state index contributed by atoms with van der Waals surface area (Å²) in [6.07, 6.45) is 4.56. The smallest absolute Gasteiger partial charge is 0.108 e. The third-order valence-electron chi connectivity index (χ3n) is 0.442. The van der Waals surface area contributed by atoms with Crippen molar-refractivity contribution in [3.63, 3.8) is 0 Å². The molecule has 0 bridgehead atoms. The number of H-pyrrole nitrogens is 1. The zero-order chi connectivity index (χ0) is 6.24. The van der Waals surface area contributed by atoms with Crippen LogP contribution in [0.2, 0.25) is 0 Å². The van der Waals surface area contributed by atoms with Gasteiger partial charge in [0.25, 0.3) is 0 Å². The van der Waals surface area contributed by atoms with Crippen molar-refractivity contribution >= 4 is 27.2 Å². The Hall–Kier alpha value is 0.863. The fourth-order valence-corrected chi connectivity index (χ4v) is 0.241. The summed E-state index contributed by atoms with van der Waals surface area (Å²) in [6.45, 7) is 0. The van der Waals surface area contributed by atoms with Gasteiger partial charge in [0, 0.05) is 0 Å². The first-order valence-corrected chi connectivity index (χ1v) is 9.24. The standard InChI is InChI=1S/C4H4N.CH3.2BrH.Rh/c1-2-4-5-3-1;;;;/h1-3,5H;1H3;2*1H;/q2*-1;;;+2/p-2. The predicted molar refractivity (Wildman–Crippen MR) is 43.9 cm³/mol. The molecule has 9 heavy (non-hydrogen) atoms. The van der Waals surface area contributed by atoms with Crippen LogP contribution < -0.4 is 0 Å². The molecule has 0 amide bonds. The number of hydrogen-bond donors (Lipinski definition) is 1. The average Bonchev–Trinajstić information content (AvgIpc) is 2.17. The van der Waals surface area contributed by atoms with Gasteiger partial charge in [-0.3, -0.25) is 0 Å². The van der Waals surface area contributed by atoms with Crippen molar-refractivity contribution in [1.82, 2.24) is 4.98 Å².